The summed E-state index contributed by atoms with van der Waals surface area (Å²) < 4.78 is 46.8. The number of hydrogen-bond donors (Lipinski definition) is 3. The zero-order valence-corrected chi connectivity index (χ0v) is 14.0. The maximum absolute atomic E-state index is 12.5. The van der Waals surface area contributed by atoms with Crippen molar-refractivity contribution < 1.29 is 27.4 Å². The van der Waals surface area contributed by atoms with Gasteiger partial charge in [0.1, 0.15) is 12.4 Å². The Bertz CT molecular complexity index is 713. The molecule has 2 rings (SSSR count). The van der Waals surface area contributed by atoms with Crippen LogP contribution < -0.4 is 26.1 Å². The summed E-state index contributed by atoms with van der Waals surface area (Å²) in [7, 11) is 1.60. The summed E-state index contributed by atoms with van der Waals surface area (Å²) in [5, 5.41) is 2.81. The second-order valence-electron chi connectivity index (χ2n) is 4.65. The molecule has 1 aromatic carbocycles. The van der Waals surface area contributed by atoms with E-state index in [4.69, 9.17) is 9.53 Å². The zero-order chi connectivity index (χ0) is 19.6. The number of carbonyl (C=O) groups is 1. The van der Waals surface area contributed by atoms with Gasteiger partial charge in [0.2, 0.25) is 12.3 Å². The predicted molar refractivity (Wildman–Crippen MR) is 87.2 cm³/mol. The number of halogens is 3. The van der Waals surface area contributed by atoms with Gasteiger partial charge in [-0.05, 0) is 19.1 Å². The second kappa shape index (κ2) is 10.0. The van der Waals surface area contributed by atoms with Crippen molar-refractivity contribution in [3.8, 4) is 11.6 Å². The fraction of sp³-hybridized carbons (Fsp3) is 0.267. The maximum Gasteiger partial charge on any atom is 0.573 e. The minimum Gasteiger partial charge on any atom is -0.471 e. The lowest BCUT2D eigenvalue weighted by Gasteiger charge is -2.16. The van der Waals surface area contributed by atoms with Crippen molar-refractivity contribution in [2.24, 2.45) is 5.84 Å². The highest BCUT2D eigenvalue weighted by molar-refractivity contribution is 5.57. The molecule has 0 aliphatic carbocycles. The molecule has 0 saturated heterocycles. The van der Waals surface area contributed by atoms with E-state index in [1.807, 2.05) is 0 Å². The molecule has 11 heteroatoms. The van der Waals surface area contributed by atoms with Gasteiger partial charge < -0.3 is 14.8 Å². The number of benzene rings is 1. The first-order chi connectivity index (χ1) is 12.3. The van der Waals surface area contributed by atoms with Crippen LogP contribution in [0.15, 0.2) is 30.6 Å². The molecular formula is C15H18F3N5O3. The van der Waals surface area contributed by atoms with Crippen LogP contribution in [0.4, 0.5) is 18.9 Å². The van der Waals surface area contributed by atoms with Gasteiger partial charge in [0, 0.05) is 18.9 Å². The lowest BCUT2D eigenvalue weighted by Crippen LogP contribution is -2.19. The van der Waals surface area contributed by atoms with Gasteiger partial charge in [-0.15, -0.1) is 13.2 Å². The van der Waals surface area contributed by atoms with Crippen LogP contribution in [0, 0.1) is 6.92 Å². The number of rotatable bonds is 6. The van der Waals surface area contributed by atoms with Crippen LogP contribution in [-0.2, 0) is 11.4 Å². The van der Waals surface area contributed by atoms with Crippen LogP contribution in [-0.4, -0.2) is 29.8 Å². The molecule has 2 aromatic rings. The van der Waals surface area contributed by atoms with E-state index in [0.29, 0.717) is 17.8 Å². The Morgan fingerprint density at radius 1 is 1.31 bits per heavy atom. The summed E-state index contributed by atoms with van der Waals surface area (Å²) in [5.41, 5.74) is 3.11. The van der Waals surface area contributed by atoms with Gasteiger partial charge >= 0.3 is 6.36 Å². The lowest BCUT2D eigenvalue weighted by atomic mass is 10.1. The Morgan fingerprint density at radius 3 is 2.54 bits per heavy atom. The first-order valence-electron chi connectivity index (χ1n) is 7.17. The number of nitrogens with zero attached hydrogens (tertiary/aromatic N) is 2. The van der Waals surface area contributed by atoms with Crippen molar-refractivity contribution in [3.63, 3.8) is 0 Å². The molecule has 0 atom stereocenters. The summed E-state index contributed by atoms with van der Waals surface area (Å²) in [6.07, 6.45) is -1.43. The lowest BCUT2D eigenvalue weighted by molar-refractivity contribution is -0.275. The van der Waals surface area contributed by atoms with Gasteiger partial charge in [-0.3, -0.25) is 15.2 Å². The zero-order valence-electron chi connectivity index (χ0n) is 14.0. The number of nitrogens with two attached hydrogens (primary N) is 1. The molecule has 0 spiro atoms. The van der Waals surface area contributed by atoms with Crippen LogP contribution in [0.3, 0.4) is 0 Å². The van der Waals surface area contributed by atoms with Crippen molar-refractivity contribution >= 4 is 12.1 Å². The molecule has 1 amide bonds. The molecule has 0 bridgehead atoms. The normalized spacial score (nSPS) is 10.2. The van der Waals surface area contributed by atoms with Crippen LogP contribution in [0.2, 0.25) is 0 Å². The molecule has 0 aliphatic heterocycles. The second-order valence-corrected chi connectivity index (χ2v) is 4.65. The van der Waals surface area contributed by atoms with E-state index in [9.17, 15) is 13.2 Å². The number of amides is 1. The SMILES string of the molecule is CNc1cccc(OC(F)(F)F)c1COc1cncc(C)n1.NNC=O. The van der Waals surface area contributed by atoms with E-state index < -0.39 is 6.36 Å². The van der Waals surface area contributed by atoms with Crippen molar-refractivity contribution in [2.45, 2.75) is 19.9 Å². The number of carbonyl (C=O) groups excluding carboxylic acids is 1. The highest BCUT2D eigenvalue weighted by atomic mass is 19.4. The fourth-order valence-electron chi connectivity index (χ4n) is 1.83. The summed E-state index contributed by atoms with van der Waals surface area (Å²) >= 11 is 0. The van der Waals surface area contributed by atoms with Crippen molar-refractivity contribution in [1.29, 1.82) is 0 Å². The standard InChI is InChI=1S/C14H14F3N3O2.CH4N2O/c1-9-6-19-7-13(20-9)21-8-10-11(18-2)4-3-5-12(10)22-14(15,16)17;2-3-1-4/h3-7,18H,8H2,1-2H3;1H,2H2,(H,3,4). The van der Waals surface area contributed by atoms with Crippen LogP contribution in [0.5, 0.6) is 11.6 Å². The first-order valence-corrected chi connectivity index (χ1v) is 7.17. The third kappa shape index (κ3) is 7.21. The molecule has 0 unspecified atom stereocenters. The monoisotopic (exact) mass is 373 g/mol. The van der Waals surface area contributed by atoms with Gasteiger partial charge in [-0.1, -0.05) is 6.07 Å². The summed E-state index contributed by atoms with van der Waals surface area (Å²) in [5.74, 6) is 4.32. The molecule has 1 heterocycles. The minimum atomic E-state index is -4.77. The maximum atomic E-state index is 12.5. The molecule has 0 saturated carbocycles. The quantitative estimate of drug-likeness (QED) is 0.307. The number of alkyl halides is 3. The van der Waals surface area contributed by atoms with E-state index >= 15 is 0 Å². The number of ether oxygens (including phenoxy) is 2. The van der Waals surface area contributed by atoms with Crippen molar-refractivity contribution in [1.82, 2.24) is 15.4 Å². The first kappa shape index (κ1) is 21.0. The Kier molecular flexibility index (Phi) is 8.09. The molecule has 142 valence electrons. The molecular weight excluding hydrogens is 355 g/mol. The summed E-state index contributed by atoms with van der Waals surface area (Å²) in [4.78, 5) is 16.9. The number of aryl methyl sites for hydroxylation is 1. The number of hydrazine groups is 1. The van der Waals surface area contributed by atoms with Crippen molar-refractivity contribution in [3.05, 3.63) is 41.9 Å². The van der Waals surface area contributed by atoms with Gasteiger partial charge in [0.25, 0.3) is 0 Å². The Hall–Kier alpha value is -3.08. The molecule has 26 heavy (non-hydrogen) atoms. The van der Waals surface area contributed by atoms with Gasteiger partial charge in [-0.2, -0.15) is 0 Å². The van der Waals surface area contributed by atoms with Crippen LogP contribution in [0.25, 0.3) is 0 Å². The third-order valence-electron chi connectivity index (χ3n) is 2.79. The molecule has 4 N–H and O–H groups in total. The molecule has 0 radical (unpaired) electrons. The summed E-state index contributed by atoms with van der Waals surface area (Å²) in [6, 6.07) is 4.32. The highest BCUT2D eigenvalue weighted by Gasteiger charge is 2.32. The predicted octanol–water partition coefficient (Wildman–Crippen LogP) is 1.91. The minimum absolute atomic E-state index is 0.138. The largest absolute Gasteiger partial charge is 0.573 e. The average molecular weight is 373 g/mol. The Morgan fingerprint density at radius 2 is 2.00 bits per heavy atom. The van der Waals surface area contributed by atoms with E-state index in [1.54, 1.807) is 31.7 Å². The molecule has 0 fully saturated rings. The smallest absolute Gasteiger partial charge is 0.471 e. The third-order valence-corrected chi connectivity index (χ3v) is 2.79. The van der Waals surface area contributed by atoms with E-state index in [0.717, 1.165) is 0 Å². The van der Waals surface area contributed by atoms with Crippen molar-refractivity contribution in [2.75, 3.05) is 12.4 Å². The van der Waals surface area contributed by atoms with Crippen LogP contribution in [0.1, 0.15) is 11.3 Å². The van der Waals surface area contributed by atoms with Crippen LogP contribution >= 0.6 is 0 Å². The average Bonchev–Trinajstić information content (AvgIpc) is 2.59. The molecule has 8 nitrogen and oxygen atoms in total. The van der Waals surface area contributed by atoms with E-state index in [-0.39, 0.29) is 23.8 Å². The number of nitrogens with one attached hydrogen (secondary N) is 2. The highest BCUT2D eigenvalue weighted by Crippen LogP contribution is 2.31. The fourth-order valence-corrected chi connectivity index (χ4v) is 1.83. The number of anilines is 1. The number of hydrogen-bond acceptors (Lipinski definition) is 7. The van der Waals surface area contributed by atoms with Gasteiger partial charge in [0.15, 0.2) is 0 Å². The number of aromatic nitrogens is 2. The van der Waals surface area contributed by atoms with Gasteiger partial charge in [0.05, 0.1) is 17.5 Å². The Labute approximate surface area is 147 Å². The molecule has 1 aromatic heterocycles. The van der Waals surface area contributed by atoms with Gasteiger partial charge in [-0.25, -0.2) is 10.8 Å². The topological polar surface area (TPSA) is 111 Å². The van der Waals surface area contributed by atoms with E-state index in [1.165, 1.54) is 18.3 Å². The summed E-state index contributed by atoms with van der Waals surface area (Å²) in [6.45, 7) is 1.60. The molecule has 0 aliphatic rings. The van der Waals surface area contributed by atoms with E-state index in [2.05, 4.69) is 25.9 Å². The Balaban J connectivity index is 0.000000765.